The van der Waals surface area contributed by atoms with Crippen LogP contribution in [0.15, 0.2) is 29.9 Å². The van der Waals surface area contributed by atoms with E-state index in [0.717, 1.165) is 108 Å². The van der Waals surface area contributed by atoms with Gasteiger partial charge >= 0.3 is 6.03 Å². The molecule has 3 aliphatic heterocycles. The fourth-order valence-electron chi connectivity index (χ4n) is 7.63. The number of nitrogens with zero attached hydrogens (tertiary/aromatic N) is 5. The highest BCUT2D eigenvalue weighted by Crippen LogP contribution is 2.31. The number of aliphatic imine (C=N–C) groups is 1. The van der Waals surface area contributed by atoms with Gasteiger partial charge in [-0.1, -0.05) is 53.2 Å². The van der Waals surface area contributed by atoms with Crippen molar-refractivity contribution >= 4 is 35.4 Å². The molecule has 0 aromatic rings. The number of carbonyl (C=O) groups is 3. The Labute approximate surface area is 301 Å². The van der Waals surface area contributed by atoms with Crippen LogP contribution in [0.5, 0.6) is 0 Å². The Morgan fingerprint density at radius 2 is 1.63 bits per heavy atom. The lowest BCUT2D eigenvalue weighted by molar-refractivity contribution is -0.130. The fraction of sp³-hybridized carbons (Fsp3) is 0.789. The number of carbonyl (C=O) groups excluding carboxylic acids is 3. The minimum atomic E-state index is -0.214. The minimum absolute atomic E-state index is 0.0712. The van der Waals surface area contributed by atoms with E-state index in [0.29, 0.717) is 25.6 Å². The number of allylic oxidation sites excluding steroid dienone is 2. The molecule has 1 saturated carbocycles. The molecule has 3 saturated heterocycles. The Bertz CT molecular complexity index is 1050. The molecule has 1 N–H and O–H groups in total. The van der Waals surface area contributed by atoms with Crippen molar-refractivity contribution in [3.8, 4) is 0 Å². The molecule has 3 atom stereocenters. The van der Waals surface area contributed by atoms with Gasteiger partial charge in [0.15, 0.2) is 0 Å². The largest absolute Gasteiger partial charge is 0.352 e. The van der Waals surface area contributed by atoms with Gasteiger partial charge in [-0.05, 0) is 108 Å². The van der Waals surface area contributed by atoms with Crippen molar-refractivity contribution in [1.29, 1.82) is 0 Å². The van der Waals surface area contributed by atoms with Crippen LogP contribution in [-0.2, 0) is 9.59 Å². The van der Waals surface area contributed by atoms with Crippen molar-refractivity contribution in [3.05, 3.63) is 24.9 Å². The third-order valence-corrected chi connectivity index (χ3v) is 10.9. The molecule has 280 valence electrons. The molecule has 1 aliphatic carbocycles. The Morgan fingerprint density at radius 1 is 0.939 bits per heavy atom. The molecule has 0 bridgehead atoms. The van der Waals surface area contributed by atoms with Crippen LogP contribution in [0.2, 0.25) is 0 Å². The van der Waals surface area contributed by atoms with Gasteiger partial charge in [-0.15, -0.1) is 0 Å². The van der Waals surface area contributed by atoms with Gasteiger partial charge in [-0.2, -0.15) is 11.8 Å². The molecule has 11 heteroatoms. The maximum Gasteiger partial charge on any atom is 0.332 e. The van der Waals surface area contributed by atoms with Crippen LogP contribution in [0.25, 0.3) is 0 Å². The predicted molar refractivity (Wildman–Crippen MR) is 204 cm³/mol. The number of likely N-dealkylation sites (tertiary alicyclic amines) is 1. The van der Waals surface area contributed by atoms with Crippen LogP contribution in [0.4, 0.5) is 9.18 Å². The lowest BCUT2D eigenvalue weighted by Gasteiger charge is -2.43. The normalized spacial score (nSPS) is 25.3. The molecular formula is C38H67FN6O3S. The van der Waals surface area contributed by atoms with Gasteiger partial charge in [0.25, 0.3) is 0 Å². The van der Waals surface area contributed by atoms with E-state index in [1.165, 1.54) is 12.8 Å². The number of alkyl halides is 1. The summed E-state index contributed by atoms with van der Waals surface area (Å²) in [6.07, 6.45) is 18.1. The Morgan fingerprint density at radius 3 is 2.31 bits per heavy atom. The van der Waals surface area contributed by atoms with E-state index in [1.807, 2.05) is 30.5 Å². The lowest BCUT2D eigenvalue weighted by atomic mass is 10.0. The quantitative estimate of drug-likeness (QED) is 0.158. The average molecular weight is 707 g/mol. The summed E-state index contributed by atoms with van der Waals surface area (Å²) in [5.74, 6) is 2.53. The van der Waals surface area contributed by atoms with Gasteiger partial charge in [0.2, 0.25) is 11.8 Å². The molecule has 0 radical (unpaired) electrons. The van der Waals surface area contributed by atoms with Crippen LogP contribution in [-0.4, -0.2) is 119 Å². The van der Waals surface area contributed by atoms with E-state index >= 15 is 0 Å². The lowest BCUT2D eigenvalue weighted by Crippen LogP contribution is -2.61. The molecule has 9 nitrogen and oxygen atoms in total. The standard InChI is InChI=1S/C35H58N6O3S.C2H6.CH3F/c1-4-7-19-36-32-25-34(43)41(35(44)40(32)30-17-23-45-24-18-30)29-14-11-12-28(15-16-29)37-33(42)27-39-22-10-8-9-13-31(39)26-38(20-5-2)21-6-3;2*1-2/h4,7,19,28-31H,1,5-6,8-18,20-27H2,2-3H3,(H,37,42);1-2H3;1H3/b19-7-,36-32?;;. The van der Waals surface area contributed by atoms with E-state index < -0.39 is 0 Å². The van der Waals surface area contributed by atoms with E-state index in [1.54, 1.807) is 23.3 Å². The Balaban J connectivity index is 0.00000201. The first-order valence-corrected chi connectivity index (χ1v) is 20.3. The van der Waals surface area contributed by atoms with Crippen molar-refractivity contribution in [2.75, 3.05) is 51.4 Å². The smallest absolute Gasteiger partial charge is 0.332 e. The third-order valence-electron chi connectivity index (χ3n) is 9.83. The van der Waals surface area contributed by atoms with Crippen molar-refractivity contribution in [3.63, 3.8) is 0 Å². The van der Waals surface area contributed by atoms with Crippen molar-refractivity contribution in [2.45, 2.75) is 142 Å². The van der Waals surface area contributed by atoms with Gasteiger partial charge in [0.1, 0.15) is 5.84 Å². The number of amides is 4. The van der Waals surface area contributed by atoms with E-state index in [9.17, 15) is 18.8 Å². The maximum absolute atomic E-state index is 14.0. The second-order valence-corrected chi connectivity index (χ2v) is 14.5. The van der Waals surface area contributed by atoms with Gasteiger partial charge in [0.05, 0.1) is 20.1 Å². The van der Waals surface area contributed by atoms with Crippen molar-refractivity contribution in [2.24, 2.45) is 4.99 Å². The molecule has 4 aliphatic rings. The maximum atomic E-state index is 14.0. The van der Waals surface area contributed by atoms with Gasteiger partial charge < -0.3 is 10.2 Å². The average Bonchev–Trinajstić information content (AvgIpc) is 3.47. The molecule has 4 amide bonds. The molecule has 4 rings (SSSR count). The minimum Gasteiger partial charge on any atom is -0.352 e. The summed E-state index contributed by atoms with van der Waals surface area (Å²) in [5, 5.41) is 3.36. The van der Waals surface area contributed by atoms with Crippen LogP contribution < -0.4 is 5.32 Å². The number of urea groups is 1. The number of hydrogen-bond acceptors (Lipinski definition) is 7. The number of imide groups is 1. The Kier molecular flexibility index (Phi) is 21.8. The summed E-state index contributed by atoms with van der Waals surface area (Å²) in [6, 6.07) is 0.219. The van der Waals surface area contributed by atoms with Gasteiger partial charge in [0, 0.05) is 36.9 Å². The van der Waals surface area contributed by atoms with E-state index in [2.05, 4.69) is 40.5 Å². The van der Waals surface area contributed by atoms with Crippen LogP contribution in [0, 0.1) is 0 Å². The number of thioether (sulfide) groups is 1. The number of amidine groups is 1. The summed E-state index contributed by atoms with van der Waals surface area (Å²) >= 11 is 1.92. The molecule has 0 spiro atoms. The van der Waals surface area contributed by atoms with Gasteiger partial charge in [-0.3, -0.25) is 28.7 Å². The second kappa shape index (κ2) is 24.8. The molecule has 3 heterocycles. The number of halogens is 1. The number of rotatable bonds is 13. The zero-order valence-electron chi connectivity index (χ0n) is 31.3. The Hall–Kier alpha value is -2.24. The summed E-state index contributed by atoms with van der Waals surface area (Å²) < 4.78 is 9.50. The van der Waals surface area contributed by atoms with Crippen molar-refractivity contribution < 1.29 is 18.8 Å². The molecular weight excluding hydrogens is 640 g/mol. The third kappa shape index (κ3) is 13.8. The fourth-order valence-corrected chi connectivity index (χ4v) is 8.71. The SMILES string of the molecule is C=C/C=C\N=C1CC(=O)N(C2CCCC(NC(=O)CN3CCCCCC3CN(CCC)CCC)CC2)C(=O)N1C1CCSCC1.CC.CF. The van der Waals surface area contributed by atoms with Crippen molar-refractivity contribution in [1.82, 2.24) is 24.9 Å². The molecule has 3 unspecified atom stereocenters. The zero-order valence-corrected chi connectivity index (χ0v) is 32.2. The number of hydrogen-bond donors (Lipinski definition) is 1. The molecule has 0 aromatic carbocycles. The topological polar surface area (TPSA) is 88.6 Å². The van der Waals surface area contributed by atoms with Gasteiger partial charge in [-0.25, -0.2) is 9.79 Å². The highest BCUT2D eigenvalue weighted by atomic mass is 32.2. The zero-order chi connectivity index (χ0) is 36.0. The summed E-state index contributed by atoms with van der Waals surface area (Å²) in [4.78, 5) is 53.8. The van der Waals surface area contributed by atoms with E-state index in [-0.39, 0.29) is 42.4 Å². The monoisotopic (exact) mass is 706 g/mol. The summed E-state index contributed by atoms with van der Waals surface area (Å²) in [7, 11) is 0.500. The first-order chi connectivity index (χ1) is 23.9. The first-order valence-electron chi connectivity index (χ1n) is 19.2. The van der Waals surface area contributed by atoms with Crippen LogP contribution in [0.3, 0.4) is 0 Å². The van der Waals surface area contributed by atoms with E-state index in [4.69, 9.17) is 0 Å². The second-order valence-electron chi connectivity index (χ2n) is 13.3. The van der Waals surface area contributed by atoms with Crippen LogP contribution >= 0.6 is 11.8 Å². The molecule has 4 fully saturated rings. The highest BCUT2D eigenvalue weighted by Gasteiger charge is 2.43. The predicted octanol–water partition coefficient (Wildman–Crippen LogP) is 7.43. The molecule has 49 heavy (non-hydrogen) atoms. The summed E-state index contributed by atoms with van der Waals surface area (Å²) in [6.45, 7) is 16.9. The molecule has 0 aromatic heterocycles. The highest BCUT2D eigenvalue weighted by molar-refractivity contribution is 7.99. The summed E-state index contributed by atoms with van der Waals surface area (Å²) in [5.41, 5.74) is 0. The van der Waals surface area contributed by atoms with Crippen LogP contribution in [0.1, 0.15) is 118 Å². The first kappa shape index (κ1) is 42.9. The number of nitrogens with one attached hydrogen (secondary N) is 1.